The molecule has 11 nitrogen and oxygen atoms in total. The van der Waals surface area contributed by atoms with Crippen molar-refractivity contribution < 1.29 is 31.5 Å². The Hall–Kier alpha value is -5.37. The molecule has 7 rings (SSSR count). The number of carbonyl (C=O) groups excluding carboxylic acids is 1. The van der Waals surface area contributed by atoms with E-state index in [1.165, 1.54) is 6.07 Å². The van der Waals surface area contributed by atoms with Crippen molar-refractivity contribution in [3.05, 3.63) is 102 Å². The van der Waals surface area contributed by atoms with Gasteiger partial charge < -0.3 is 19.7 Å². The number of hydrogen-bond donors (Lipinski definition) is 2. The van der Waals surface area contributed by atoms with Gasteiger partial charge in [-0.3, -0.25) is 4.72 Å². The van der Waals surface area contributed by atoms with Crippen LogP contribution in [0, 0.1) is 18.7 Å². The third kappa shape index (κ3) is 8.07. The zero-order valence-corrected chi connectivity index (χ0v) is 29.5. The van der Waals surface area contributed by atoms with Gasteiger partial charge in [-0.2, -0.15) is 0 Å². The van der Waals surface area contributed by atoms with Crippen molar-refractivity contribution in [3.63, 3.8) is 0 Å². The van der Waals surface area contributed by atoms with E-state index in [4.69, 9.17) is 14.5 Å². The number of amides is 1. The molecule has 1 amide bonds. The Balaban J connectivity index is 1.10. The topological polar surface area (TPSA) is 136 Å². The van der Waals surface area contributed by atoms with Crippen LogP contribution in [0.1, 0.15) is 37.3 Å². The first-order chi connectivity index (χ1) is 25.0. The molecule has 2 N–H and O–H groups in total. The molecule has 270 valence electrons. The molecule has 0 bridgehead atoms. The zero-order valence-electron chi connectivity index (χ0n) is 28.7. The number of nitrogens with zero attached hydrogens (tertiary/aromatic N) is 4. The molecule has 2 atom stereocenters. The minimum Gasteiger partial charge on any atom is -0.445 e. The van der Waals surface area contributed by atoms with Crippen LogP contribution in [-0.2, 0) is 21.4 Å². The molecule has 1 saturated carbocycles. The second-order valence-corrected chi connectivity index (χ2v) is 15.3. The van der Waals surface area contributed by atoms with Gasteiger partial charge in [-0.25, -0.2) is 36.9 Å². The highest BCUT2D eigenvalue weighted by Gasteiger charge is 2.47. The van der Waals surface area contributed by atoms with Gasteiger partial charge in [0, 0.05) is 42.3 Å². The molecule has 0 spiro atoms. The average Bonchev–Trinajstić information content (AvgIpc) is 3.85. The van der Waals surface area contributed by atoms with Crippen LogP contribution in [0.3, 0.4) is 0 Å². The third-order valence-corrected chi connectivity index (χ3v) is 10.6. The van der Waals surface area contributed by atoms with E-state index in [-0.39, 0.29) is 54.5 Å². The number of anilines is 2. The smallest absolute Gasteiger partial charge is 0.410 e. The highest BCUT2D eigenvalue weighted by atomic mass is 32.2. The molecule has 1 saturated heterocycles. The zero-order chi connectivity index (χ0) is 36.5. The monoisotopic (exact) mass is 728 g/mol. The summed E-state index contributed by atoms with van der Waals surface area (Å²) in [6.45, 7) is 5.08. The number of ether oxygens (including phenoxy) is 2. The van der Waals surface area contributed by atoms with Gasteiger partial charge >= 0.3 is 6.09 Å². The van der Waals surface area contributed by atoms with E-state index in [0.29, 0.717) is 47.0 Å². The number of sulfonamides is 1. The SMILES string of the molecule is Cc1ccc2c(NS(=O)(=O)CC3(F)CC3)c(F)ccc2c1Oc1ncccc1-c1ccnc(N[C@H]2C[C@@H](C)CN(C(=O)OCc3ccccc3)C2)n1. The lowest BCUT2D eigenvalue weighted by Crippen LogP contribution is -2.48. The van der Waals surface area contributed by atoms with E-state index < -0.39 is 27.3 Å². The number of fused-ring (bicyclic) bond motifs is 1. The van der Waals surface area contributed by atoms with Crippen LogP contribution in [0.4, 0.5) is 25.2 Å². The molecule has 0 unspecified atom stereocenters. The second-order valence-electron chi connectivity index (χ2n) is 13.6. The number of halogens is 2. The lowest BCUT2D eigenvalue weighted by atomic mass is 9.96. The summed E-state index contributed by atoms with van der Waals surface area (Å²) in [4.78, 5) is 28.3. The van der Waals surface area contributed by atoms with Crippen LogP contribution >= 0.6 is 0 Å². The maximum atomic E-state index is 15.1. The fraction of sp³-hybridized carbons (Fsp3) is 0.316. The van der Waals surface area contributed by atoms with Crippen LogP contribution in [-0.4, -0.2) is 64.9 Å². The van der Waals surface area contributed by atoms with Crippen LogP contribution in [0.5, 0.6) is 11.6 Å². The summed E-state index contributed by atoms with van der Waals surface area (Å²) in [6.07, 6.45) is 3.92. The molecule has 5 aromatic rings. The summed E-state index contributed by atoms with van der Waals surface area (Å²) < 4.78 is 69.3. The Bertz CT molecular complexity index is 2220. The van der Waals surface area contributed by atoms with E-state index in [1.54, 1.807) is 47.6 Å². The van der Waals surface area contributed by atoms with E-state index in [2.05, 4.69) is 26.9 Å². The van der Waals surface area contributed by atoms with Crippen molar-refractivity contribution in [3.8, 4) is 22.9 Å². The average molecular weight is 729 g/mol. The Morgan fingerprint density at radius 2 is 1.77 bits per heavy atom. The maximum absolute atomic E-state index is 15.1. The first-order valence-electron chi connectivity index (χ1n) is 17.0. The minimum absolute atomic E-state index is 0.127. The molecule has 2 aromatic heterocycles. The maximum Gasteiger partial charge on any atom is 0.410 e. The summed E-state index contributed by atoms with van der Waals surface area (Å²) in [5.74, 6) is -0.417. The quantitative estimate of drug-likeness (QED) is 0.141. The van der Waals surface area contributed by atoms with Gasteiger partial charge in [0.15, 0.2) is 0 Å². The predicted octanol–water partition coefficient (Wildman–Crippen LogP) is 7.63. The van der Waals surface area contributed by atoms with Crippen LogP contribution < -0.4 is 14.8 Å². The summed E-state index contributed by atoms with van der Waals surface area (Å²) in [7, 11) is -4.17. The van der Waals surface area contributed by atoms with Gasteiger partial charge in [0.05, 0.1) is 16.9 Å². The normalized spacial score (nSPS) is 18.1. The Labute approximate surface area is 300 Å². The van der Waals surface area contributed by atoms with Gasteiger partial charge in [0.2, 0.25) is 21.9 Å². The molecular weight excluding hydrogens is 691 g/mol. The summed E-state index contributed by atoms with van der Waals surface area (Å²) in [5, 5.41) is 4.06. The number of hydrogen-bond acceptors (Lipinski definition) is 9. The number of alkyl halides is 1. The van der Waals surface area contributed by atoms with Gasteiger partial charge in [0.25, 0.3) is 0 Å². The fourth-order valence-electron chi connectivity index (χ4n) is 6.45. The van der Waals surface area contributed by atoms with Gasteiger partial charge in [-0.1, -0.05) is 49.4 Å². The van der Waals surface area contributed by atoms with Crippen molar-refractivity contribution >= 4 is 38.5 Å². The molecule has 2 aliphatic rings. The van der Waals surface area contributed by atoms with Crippen molar-refractivity contribution in [2.24, 2.45) is 5.92 Å². The summed E-state index contributed by atoms with van der Waals surface area (Å²) in [6, 6.07) is 20.6. The van der Waals surface area contributed by atoms with Crippen molar-refractivity contribution in [2.75, 3.05) is 28.9 Å². The lowest BCUT2D eigenvalue weighted by Gasteiger charge is -2.36. The molecule has 2 fully saturated rings. The summed E-state index contributed by atoms with van der Waals surface area (Å²) in [5.41, 5.74) is 0.606. The molecule has 52 heavy (non-hydrogen) atoms. The standard InChI is InChI=1S/C38H38F2N6O5S/c1-24-19-27(21-46(20-24)37(47)50-22-26-7-4-3-5-8-26)43-36-42-18-14-32(44-36)30-9-6-17-41-35(30)51-34-25(2)10-11-28-29(34)12-13-31(39)33(28)45-52(48,49)23-38(40)15-16-38/h3-14,17-18,24,27,45H,15-16,19-23H2,1-2H3,(H,42,43,44)/t24-,27+/m1/s1. The number of rotatable bonds is 11. The number of carbonyl (C=O) groups is 1. The largest absolute Gasteiger partial charge is 0.445 e. The minimum atomic E-state index is -4.17. The number of aromatic nitrogens is 3. The molecule has 0 radical (unpaired) electrons. The van der Waals surface area contributed by atoms with Crippen LogP contribution in [0.2, 0.25) is 0 Å². The number of likely N-dealkylation sites (tertiary alicyclic amines) is 1. The second kappa shape index (κ2) is 14.3. The van der Waals surface area contributed by atoms with E-state index in [0.717, 1.165) is 18.1 Å². The third-order valence-electron chi connectivity index (χ3n) is 9.15. The van der Waals surface area contributed by atoms with Crippen molar-refractivity contribution in [1.82, 2.24) is 19.9 Å². The number of aryl methyl sites for hydroxylation is 1. The molecule has 1 aliphatic carbocycles. The van der Waals surface area contributed by atoms with Gasteiger partial charge in [-0.05, 0) is 73.6 Å². The van der Waals surface area contributed by atoms with Crippen LogP contribution in [0.15, 0.2) is 85.2 Å². The molecule has 3 aromatic carbocycles. The van der Waals surface area contributed by atoms with Crippen molar-refractivity contribution in [1.29, 1.82) is 0 Å². The van der Waals surface area contributed by atoms with Crippen LogP contribution in [0.25, 0.3) is 22.0 Å². The van der Waals surface area contributed by atoms with E-state index in [1.807, 2.05) is 37.3 Å². The number of pyridine rings is 1. The highest BCUT2D eigenvalue weighted by molar-refractivity contribution is 7.92. The summed E-state index contributed by atoms with van der Waals surface area (Å²) >= 11 is 0. The predicted molar refractivity (Wildman–Crippen MR) is 194 cm³/mol. The Kier molecular flexibility index (Phi) is 9.66. The Morgan fingerprint density at radius 1 is 0.981 bits per heavy atom. The highest BCUT2D eigenvalue weighted by Crippen LogP contribution is 2.43. The first kappa shape index (κ1) is 35.1. The van der Waals surface area contributed by atoms with Crippen molar-refractivity contribution in [2.45, 2.75) is 51.4 Å². The molecule has 14 heteroatoms. The number of nitrogens with one attached hydrogen (secondary N) is 2. The Morgan fingerprint density at radius 3 is 2.56 bits per heavy atom. The van der Waals surface area contributed by atoms with E-state index >= 15 is 4.39 Å². The number of benzene rings is 3. The van der Waals surface area contributed by atoms with Gasteiger partial charge in [-0.15, -0.1) is 0 Å². The number of piperidine rings is 1. The first-order valence-corrected chi connectivity index (χ1v) is 18.7. The fourth-order valence-corrected chi connectivity index (χ4v) is 8.01. The lowest BCUT2D eigenvalue weighted by molar-refractivity contribution is 0.0783. The van der Waals surface area contributed by atoms with E-state index in [9.17, 15) is 17.6 Å². The molecule has 1 aliphatic heterocycles. The van der Waals surface area contributed by atoms with Gasteiger partial charge in [0.1, 0.15) is 29.6 Å². The molecule has 3 heterocycles. The molecular formula is C38H38F2N6O5S.